The summed E-state index contributed by atoms with van der Waals surface area (Å²) in [6.45, 7) is 20.5. The van der Waals surface area contributed by atoms with Crippen LogP contribution < -0.4 is 0 Å². The zero-order chi connectivity index (χ0) is 19.2. The molecule has 1 saturated carbocycles. The van der Waals surface area contributed by atoms with Crippen LogP contribution in [0.1, 0.15) is 27.2 Å². The standard InChI is InChI=1S/C19H36O4Si2/c1-13(11-22-25(8,9)19(2,3)4)14-10-16-15(12-24(6,7)23-16)17(14)18(20)21-5/h14-17H,1,10-12H2,2-9H3/t14-,15+,16+,17+/m0/s1. The monoisotopic (exact) mass is 384 g/mol. The summed E-state index contributed by atoms with van der Waals surface area (Å²) in [7, 11) is -1.98. The molecule has 4 nitrogen and oxygen atoms in total. The Labute approximate surface area is 155 Å². The average Bonchev–Trinajstić information content (AvgIpc) is 2.94. The van der Waals surface area contributed by atoms with Crippen molar-refractivity contribution in [3.8, 4) is 0 Å². The van der Waals surface area contributed by atoms with E-state index in [0.29, 0.717) is 6.61 Å². The van der Waals surface area contributed by atoms with Crippen molar-refractivity contribution < 1.29 is 18.4 Å². The van der Waals surface area contributed by atoms with Gasteiger partial charge >= 0.3 is 5.97 Å². The van der Waals surface area contributed by atoms with Gasteiger partial charge in [-0.3, -0.25) is 4.79 Å². The Morgan fingerprint density at radius 1 is 1.32 bits per heavy atom. The summed E-state index contributed by atoms with van der Waals surface area (Å²) < 4.78 is 17.8. The summed E-state index contributed by atoms with van der Waals surface area (Å²) in [5, 5.41) is 0.167. The second-order valence-corrected chi connectivity index (χ2v) is 18.9. The number of carbonyl (C=O) groups excluding carboxylic acids is 1. The Morgan fingerprint density at radius 2 is 1.92 bits per heavy atom. The van der Waals surface area contributed by atoms with Crippen molar-refractivity contribution in [2.24, 2.45) is 17.8 Å². The fraction of sp³-hybridized carbons (Fsp3) is 0.842. The maximum Gasteiger partial charge on any atom is 0.309 e. The Balaban J connectivity index is 2.10. The smallest absolute Gasteiger partial charge is 0.309 e. The van der Waals surface area contributed by atoms with Crippen LogP contribution in [0.2, 0.25) is 37.3 Å². The molecule has 0 aromatic heterocycles. The van der Waals surface area contributed by atoms with Crippen LogP contribution in [0.5, 0.6) is 0 Å². The first-order valence-corrected chi connectivity index (χ1v) is 15.4. The van der Waals surface area contributed by atoms with Crippen LogP contribution in [0.25, 0.3) is 0 Å². The molecule has 1 saturated heterocycles. The normalized spacial score (nSPS) is 31.7. The highest BCUT2D eigenvalue weighted by atomic mass is 28.4. The maximum absolute atomic E-state index is 12.5. The second-order valence-electron chi connectivity index (χ2n) is 9.88. The highest BCUT2D eigenvalue weighted by molar-refractivity contribution is 6.74. The van der Waals surface area contributed by atoms with Gasteiger partial charge in [0.15, 0.2) is 16.6 Å². The maximum atomic E-state index is 12.5. The molecule has 0 unspecified atom stereocenters. The zero-order valence-corrected chi connectivity index (χ0v) is 19.3. The summed E-state index contributed by atoms with van der Waals surface area (Å²) in [4.78, 5) is 12.5. The highest BCUT2D eigenvalue weighted by Gasteiger charge is 2.56. The molecule has 0 radical (unpaired) electrons. The number of methoxy groups -OCH3 is 1. The third-order valence-electron chi connectivity index (χ3n) is 6.48. The first kappa shape index (κ1) is 20.9. The van der Waals surface area contributed by atoms with E-state index in [1.54, 1.807) is 0 Å². The molecule has 0 aromatic rings. The Hall–Kier alpha value is -0.436. The molecule has 144 valence electrons. The molecule has 2 aliphatic rings. The van der Waals surface area contributed by atoms with Crippen molar-refractivity contribution in [1.29, 1.82) is 0 Å². The van der Waals surface area contributed by atoms with Crippen molar-refractivity contribution in [3.63, 3.8) is 0 Å². The zero-order valence-electron chi connectivity index (χ0n) is 17.3. The van der Waals surface area contributed by atoms with Gasteiger partial charge < -0.3 is 13.6 Å². The van der Waals surface area contributed by atoms with Gasteiger partial charge in [-0.25, -0.2) is 0 Å². The molecule has 0 N–H and O–H groups in total. The van der Waals surface area contributed by atoms with Crippen LogP contribution in [0.3, 0.4) is 0 Å². The van der Waals surface area contributed by atoms with Crippen LogP contribution in [0, 0.1) is 17.8 Å². The SMILES string of the molecule is C=C(CO[Si](C)(C)C(C)(C)C)[C@@H]1C[C@H]2O[Si](C)(C)C[C@H]2[C@@H]1C(=O)OC. The predicted molar refractivity (Wildman–Crippen MR) is 107 cm³/mol. The van der Waals surface area contributed by atoms with Gasteiger partial charge in [-0.2, -0.15) is 0 Å². The lowest BCUT2D eigenvalue weighted by atomic mass is 9.86. The molecular weight excluding hydrogens is 348 g/mol. The van der Waals surface area contributed by atoms with E-state index in [9.17, 15) is 4.79 Å². The van der Waals surface area contributed by atoms with Gasteiger partial charge in [-0.1, -0.05) is 27.4 Å². The Bertz CT molecular complexity index is 536. The molecule has 25 heavy (non-hydrogen) atoms. The van der Waals surface area contributed by atoms with E-state index in [1.165, 1.54) is 7.11 Å². The van der Waals surface area contributed by atoms with E-state index >= 15 is 0 Å². The lowest BCUT2D eigenvalue weighted by Gasteiger charge is -2.37. The Morgan fingerprint density at radius 3 is 2.44 bits per heavy atom. The van der Waals surface area contributed by atoms with E-state index in [1.807, 2.05) is 0 Å². The summed E-state index contributed by atoms with van der Waals surface area (Å²) in [6, 6.07) is 1.03. The van der Waals surface area contributed by atoms with Gasteiger partial charge in [0, 0.05) is 6.10 Å². The average molecular weight is 385 g/mol. The van der Waals surface area contributed by atoms with Gasteiger partial charge in [0.1, 0.15) is 0 Å². The predicted octanol–water partition coefficient (Wildman–Crippen LogP) is 4.59. The topological polar surface area (TPSA) is 44.8 Å². The van der Waals surface area contributed by atoms with Crippen LogP contribution in [0.15, 0.2) is 12.2 Å². The molecule has 0 aromatic carbocycles. The van der Waals surface area contributed by atoms with Crippen molar-refractivity contribution in [2.75, 3.05) is 13.7 Å². The molecule has 0 bridgehead atoms. The summed E-state index contributed by atoms with van der Waals surface area (Å²) in [5.41, 5.74) is 1.03. The molecule has 0 amide bonds. The quantitative estimate of drug-likeness (QED) is 0.395. The third kappa shape index (κ3) is 4.29. The number of carbonyl (C=O) groups is 1. The number of rotatable bonds is 5. The van der Waals surface area contributed by atoms with Crippen molar-refractivity contribution in [1.82, 2.24) is 0 Å². The first-order chi connectivity index (χ1) is 11.3. The van der Waals surface area contributed by atoms with Crippen LogP contribution in [0.4, 0.5) is 0 Å². The minimum Gasteiger partial charge on any atom is -0.469 e. The summed E-state index contributed by atoms with van der Waals surface area (Å²) in [6.07, 6.45) is 1.06. The number of esters is 1. The number of hydrogen-bond acceptors (Lipinski definition) is 4. The van der Waals surface area contributed by atoms with E-state index < -0.39 is 16.6 Å². The summed E-state index contributed by atoms with van der Waals surface area (Å²) >= 11 is 0. The molecule has 1 aliphatic carbocycles. The highest BCUT2D eigenvalue weighted by Crippen LogP contribution is 2.51. The van der Waals surface area contributed by atoms with Crippen molar-refractivity contribution in [2.45, 2.75) is 70.6 Å². The van der Waals surface area contributed by atoms with E-state index in [-0.39, 0.29) is 34.9 Å². The van der Waals surface area contributed by atoms with Gasteiger partial charge in [-0.05, 0) is 61.1 Å². The van der Waals surface area contributed by atoms with Crippen LogP contribution >= 0.6 is 0 Å². The minimum absolute atomic E-state index is 0.109. The molecule has 2 fully saturated rings. The third-order valence-corrected chi connectivity index (χ3v) is 13.4. The number of fused-ring (bicyclic) bond motifs is 1. The Kier molecular flexibility index (Phi) is 5.80. The fourth-order valence-electron chi connectivity index (χ4n) is 4.01. The van der Waals surface area contributed by atoms with E-state index in [2.05, 4.69) is 53.5 Å². The van der Waals surface area contributed by atoms with Gasteiger partial charge in [0.25, 0.3) is 0 Å². The van der Waals surface area contributed by atoms with Crippen molar-refractivity contribution in [3.05, 3.63) is 12.2 Å². The molecule has 4 atom stereocenters. The molecular formula is C19H36O4Si2. The molecule has 1 aliphatic heterocycles. The second kappa shape index (κ2) is 6.94. The van der Waals surface area contributed by atoms with Gasteiger partial charge in [0.2, 0.25) is 0 Å². The largest absolute Gasteiger partial charge is 0.469 e. The molecule has 2 rings (SSSR count). The van der Waals surface area contributed by atoms with E-state index in [0.717, 1.165) is 18.0 Å². The first-order valence-electron chi connectivity index (χ1n) is 9.36. The minimum atomic E-state index is -1.83. The molecule has 6 heteroatoms. The van der Waals surface area contributed by atoms with E-state index in [4.69, 9.17) is 13.6 Å². The van der Waals surface area contributed by atoms with Gasteiger partial charge in [-0.15, -0.1) is 0 Å². The van der Waals surface area contributed by atoms with Crippen LogP contribution in [-0.2, 0) is 18.4 Å². The lowest BCUT2D eigenvalue weighted by molar-refractivity contribution is -0.147. The summed E-state index contributed by atoms with van der Waals surface area (Å²) in [5.74, 6) is 0.155. The van der Waals surface area contributed by atoms with Crippen LogP contribution in [-0.4, -0.2) is 42.4 Å². The van der Waals surface area contributed by atoms with Gasteiger partial charge in [0.05, 0.1) is 19.6 Å². The number of ether oxygens (including phenoxy) is 1. The van der Waals surface area contributed by atoms with Crippen molar-refractivity contribution >= 4 is 22.6 Å². The number of hydrogen-bond donors (Lipinski definition) is 0. The molecule has 1 heterocycles. The fourth-order valence-corrected chi connectivity index (χ4v) is 7.83. The lowest BCUT2D eigenvalue weighted by Crippen LogP contribution is -2.41. The molecule has 0 spiro atoms.